The van der Waals surface area contributed by atoms with Crippen molar-refractivity contribution in [3.63, 3.8) is 0 Å². The summed E-state index contributed by atoms with van der Waals surface area (Å²) in [5, 5.41) is -0.132. The van der Waals surface area contributed by atoms with Gasteiger partial charge in [0.2, 0.25) is 0 Å². The van der Waals surface area contributed by atoms with Crippen LogP contribution >= 0.6 is 0 Å². The molecule has 0 N–H and O–H groups in total. The van der Waals surface area contributed by atoms with E-state index in [1.807, 2.05) is 33.9 Å². The van der Waals surface area contributed by atoms with Crippen LogP contribution in [0.3, 0.4) is 0 Å². The molecule has 1 aromatic carbocycles. The Kier molecular flexibility index (Phi) is 7.68. The van der Waals surface area contributed by atoms with Crippen LogP contribution in [0.5, 0.6) is 5.75 Å². The third-order valence-electron chi connectivity index (χ3n) is 7.28. The van der Waals surface area contributed by atoms with E-state index in [1.54, 1.807) is 0 Å². The molecular formula is C23H34F4O5Si. The Morgan fingerprint density at radius 1 is 1.18 bits per heavy atom. The monoisotopic (exact) mass is 494 g/mol. The van der Waals surface area contributed by atoms with Crippen LogP contribution in [0.2, 0.25) is 18.1 Å². The summed E-state index contributed by atoms with van der Waals surface area (Å²) < 4.78 is 78.4. The first-order chi connectivity index (χ1) is 14.9. The van der Waals surface area contributed by atoms with Gasteiger partial charge in [0.15, 0.2) is 20.0 Å². The lowest BCUT2D eigenvalue weighted by Crippen LogP contribution is -2.47. The summed E-state index contributed by atoms with van der Waals surface area (Å²) in [5.41, 5.74) is -2.27. The van der Waals surface area contributed by atoms with Crippen molar-refractivity contribution in [3.05, 3.63) is 29.1 Å². The van der Waals surface area contributed by atoms with Gasteiger partial charge in [0.25, 0.3) is 0 Å². The van der Waals surface area contributed by atoms with E-state index < -0.39 is 49.8 Å². The molecule has 5 nitrogen and oxygen atoms in total. The van der Waals surface area contributed by atoms with Crippen LogP contribution in [0, 0.1) is 11.7 Å². The number of carbonyl (C=O) groups excluding carboxylic acids is 1. The van der Waals surface area contributed by atoms with E-state index in [-0.39, 0.29) is 28.5 Å². The zero-order valence-corrected chi connectivity index (χ0v) is 21.6. The number of esters is 1. The van der Waals surface area contributed by atoms with Crippen molar-refractivity contribution in [2.24, 2.45) is 5.92 Å². The van der Waals surface area contributed by atoms with Crippen LogP contribution in [0.15, 0.2) is 12.1 Å². The van der Waals surface area contributed by atoms with E-state index in [9.17, 15) is 22.4 Å². The summed E-state index contributed by atoms with van der Waals surface area (Å²) in [7, 11) is 0.127. The number of alkyl halides is 3. The fourth-order valence-electron chi connectivity index (χ4n) is 3.85. The second kappa shape index (κ2) is 9.18. The Hall–Kier alpha value is -1.65. The average molecular weight is 495 g/mol. The Bertz CT molecular complexity index is 881. The molecule has 1 aliphatic heterocycles. The second-order valence-corrected chi connectivity index (χ2v) is 15.0. The maximum atomic E-state index is 14.9. The number of rotatable bonds is 6. The number of halogens is 4. The molecule has 33 heavy (non-hydrogen) atoms. The van der Waals surface area contributed by atoms with Crippen LogP contribution in [-0.4, -0.2) is 46.4 Å². The Labute approximate surface area is 193 Å². The molecule has 1 aliphatic rings. The molecular weight excluding hydrogens is 460 g/mol. The molecule has 10 heteroatoms. The number of benzene rings is 1. The van der Waals surface area contributed by atoms with E-state index >= 15 is 0 Å². The summed E-state index contributed by atoms with van der Waals surface area (Å²) >= 11 is 0. The summed E-state index contributed by atoms with van der Waals surface area (Å²) in [5.74, 6) is -3.75. The lowest BCUT2D eigenvalue weighted by Gasteiger charge is -2.36. The molecule has 0 aliphatic carbocycles. The Morgan fingerprint density at radius 2 is 1.76 bits per heavy atom. The van der Waals surface area contributed by atoms with Gasteiger partial charge >= 0.3 is 12.1 Å². The molecule has 188 valence electrons. The fourth-order valence-corrected chi connectivity index (χ4v) is 4.78. The first kappa shape index (κ1) is 27.6. The van der Waals surface area contributed by atoms with Crippen molar-refractivity contribution < 1.29 is 41.0 Å². The molecule has 0 radical (unpaired) electrons. The summed E-state index contributed by atoms with van der Waals surface area (Å²) in [6.45, 7) is 12.3. The highest BCUT2D eigenvalue weighted by Crippen LogP contribution is 2.55. The zero-order chi connectivity index (χ0) is 25.6. The SMILES string of the molecule is COC(=O)C1OC(C)(C(F)(F)F)C(C)C1c1ccc(F)c(CO[Si](C)(C)C(C)(C)C)c1OC. The molecule has 0 spiro atoms. The molecule has 1 saturated heterocycles. The molecule has 0 amide bonds. The molecule has 1 fully saturated rings. The molecule has 0 bridgehead atoms. The quantitative estimate of drug-likeness (QED) is 0.277. The smallest absolute Gasteiger partial charge is 0.417 e. The van der Waals surface area contributed by atoms with Gasteiger partial charge in [0, 0.05) is 17.4 Å². The highest BCUT2D eigenvalue weighted by atomic mass is 28.4. The molecule has 4 unspecified atom stereocenters. The second-order valence-electron chi connectivity index (χ2n) is 10.2. The third kappa shape index (κ3) is 4.93. The average Bonchev–Trinajstić information content (AvgIpc) is 2.97. The highest BCUT2D eigenvalue weighted by molar-refractivity contribution is 6.74. The van der Waals surface area contributed by atoms with Crippen molar-refractivity contribution in [1.29, 1.82) is 0 Å². The minimum absolute atomic E-state index is 0.0505. The molecule has 1 heterocycles. The van der Waals surface area contributed by atoms with E-state index in [2.05, 4.69) is 0 Å². The van der Waals surface area contributed by atoms with E-state index in [0.717, 1.165) is 20.1 Å². The first-order valence-electron chi connectivity index (χ1n) is 10.7. The summed E-state index contributed by atoms with van der Waals surface area (Å²) in [6, 6.07) is 2.50. The highest BCUT2D eigenvalue weighted by Gasteiger charge is 2.66. The molecule has 1 aromatic rings. The van der Waals surface area contributed by atoms with Crippen molar-refractivity contribution in [2.75, 3.05) is 14.2 Å². The van der Waals surface area contributed by atoms with Gasteiger partial charge in [0.05, 0.1) is 26.4 Å². The van der Waals surface area contributed by atoms with Gasteiger partial charge in [-0.05, 0) is 31.1 Å². The lowest BCUT2D eigenvalue weighted by atomic mass is 9.76. The largest absolute Gasteiger partial charge is 0.496 e. The third-order valence-corrected chi connectivity index (χ3v) is 11.8. The topological polar surface area (TPSA) is 54.0 Å². The molecule has 4 atom stereocenters. The predicted octanol–water partition coefficient (Wildman–Crippen LogP) is 5.97. The van der Waals surface area contributed by atoms with Gasteiger partial charge in [-0.3, -0.25) is 0 Å². The van der Waals surface area contributed by atoms with Gasteiger partial charge in [-0.15, -0.1) is 0 Å². The van der Waals surface area contributed by atoms with E-state index in [0.29, 0.717) is 0 Å². The molecule has 2 rings (SSSR count). The molecule has 0 aromatic heterocycles. The van der Waals surface area contributed by atoms with Gasteiger partial charge in [-0.1, -0.05) is 33.8 Å². The number of hydrogen-bond donors (Lipinski definition) is 0. The minimum Gasteiger partial charge on any atom is -0.496 e. The van der Waals surface area contributed by atoms with Crippen LogP contribution in [-0.2, 0) is 25.3 Å². The number of ether oxygens (including phenoxy) is 3. The number of hydrogen-bond acceptors (Lipinski definition) is 5. The first-order valence-corrected chi connectivity index (χ1v) is 13.6. The Balaban J connectivity index is 2.60. The van der Waals surface area contributed by atoms with Gasteiger partial charge in [-0.25, -0.2) is 9.18 Å². The van der Waals surface area contributed by atoms with Crippen LogP contribution in [0.4, 0.5) is 17.6 Å². The normalized spacial score (nSPS) is 26.4. The van der Waals surface area contributed by atoms with E-state index in [4.69, 9.17) is 18.6 Å². The van der Waals surface area contributed by atoms with Gasteiger partial charge in [-0.2, -0.15) is 13.2 Å². The van der Waals surface area contributed by atoms with Crippen molar-refractivity contribution in [2.45, 2.75) is 83.2 Å². The van der Waals surface area contributed by atoms with Crippen LogP contribution in [0.25, 0.3) is 0 Å². The Morgan fingerprint density at radius 3 is 2.21 bits per heavy atom. The molecule has 0 saturated carbocycles. The van der Waals surface area contributed by atoms with Gasteiger partial charge in [0.1, 0.15) is 11.6 Å². The maximum absolute atomic E-state index is 14.9. The zero-order valence-electron chi connectivity index (χ0n) is 20.6. The minimum atomic E-state index is -4.74. The van der Waals surface area contributed by atoms with Crippen LogP contribution in [0.1, 0.15) is 51.7 Å². The lowest BCUT2D eigenvalue weighted by molar-refractivity contribution is -0.274. The summed E-state index contributed by atoms with van der Waals surface area (Å²) in [6.07, 6.45) is -6.28. The van der Waals surface area contributed by atoms with Crippen molar-refractivity contribution >= 4 is 14.3 Å². The van der Waals surface area contributed by atoms with Gasteiger partial charge < -0.3 is 18.6 Å². The maximum Gasteiger partial charge on any atom is 0.417 e. The van der Waals surface area contributed by atoms with Crippen LogP contribution < -0.4 is 4.74 Å². The number of carbonyl (C=O) groups is 1. The fraction of sp³-hybridized carbons (Fsp3) is 0.696. The standard InChI is InChI=1S/C23H34F4O5Si/c1-13-17(19(20(28)30-7)32-22(13,5)23(25,26)27)14-10-11-16(24)15(18(14)29-6)12-31-33(8,9)21(2,3)4/h10-11,13,17,19H,12H2,1-9H3. The van der Waals surface area contributed by atoms with E-state index in [1.165, 1.54) is 20.1 Å². The summed E-state index contributed by atoms with van der Waals surface area (Å²) in [4.78, 5) is 12.4. The number of methoxy groups -OCH3 is 2. The predicted molar refractivity (Wildman–Crippen MR) is 118 cm³/mol. The van der Waals surface area contributed by atoms with Crippen molar-refractivity contribution in [3.8, 4) is 5.75 Å². The van der Waals surface area contributed by atoms with Crippen molar-refractivity contribution in [1.82, 2.24) is 0 Å².